The number of hydrogen-bond acceptors (Lipinski definition) is 7. The second-order valence-corrected chi connectivity index (χ2v) is 15.2. The number of esters is 3. The Hall–Kier alpha value is -2.43. The normalized spacial score (nSPS) is 24.6. The van der Waals surface area contributed by atoms with Crippen molar-refractivity contribution in [3.8, 4) is 0 Å². The highest BCUT2D eigenvalue weighted by Gasteiger charge is 2.75. The van der Waals surface area contributed by atoms with Gasteiger partial charge in [-0.15, -0.1) is 11.8 Å². The third kappa shape index (κ3) is 6.52. The van der Waals surface area contributed by atoms with Gasteiger partial charge in [-0.2, -0.15) is 13.2 Å². The lowest BCUT2D eigenvalue weighted by molar-refractivity contribution is -0.204. The van der Waals surface area contributed by atoms with E-state index in [1.54, 1.807) is 72.7 Å². The minimum Gasteiger partial charge on any atom is -0.459 e. The summed E-state index contributed by atoms with van der Waals surface area (Å²) in [5.41, 5.74) is -2.56. The van der Waals surface area contributed by atoms with Gasteiger partial charge in [-0.05, 0) is 76.4 Å². The van der Waals surface area contributed by atoms with Crippen LogP contribution in [0.4, 0.5) is 13.2 Å². The van der Waals surface area contributed by atoms with Crippen molar-refractivity contribution in [2.75, 3.05) is 0 Å². The van der Waals surface area contributed by atoms with Crippen molar-refractivity contribution in [2.24, 2.45) is 5.92 Å². The van der Waals surface area contributed by atoms with Crippen LogP contribution in [0.1, 0.15) is 77.5 Å². The Kier molecular flexibility index (Phi) is 8.70. The molecule has 234 valence electrons. The Labute approximate surface area is 262 Å². The highest BCUT2D eigenvalue weighted by atomic mass is 35.5. The summed E-state index contributed by atoms with van der Waals surface area (Å²) in [6.45, 7) is 11.8. The van der Waals surface area contributed by atoms with Gasteiger partial charge < -0.3 is 14.2 Å². The van der Waals surface area contributed by atoms with Crippen LogP contribution in [0.5, 0.6) is 0 Å². The molecular weight excluding hydrogens is 628 g/mol. The minimum atomic E-state index is -4.78. The number of carbonyl (C=O) groups excluding carboxylic acids is 3. The fourth-order valence-corrected chi connectivity index (χ4v) is 7.62. The Balaban J connectivity index is 1.70. The second-order valence-electron chi connectivity index (χ2n) is 12.9. The number of halogens is 5. The molecule has 2 aromatic carbocycles. The number of fused-ring (bicyclic) bond motifs is 1. The maximum Gasteiger partial charge on any atom is 0.407 e. The van der Waals surface area contributed by atoms with Gasteiger partial charge in [0.15, 0.2) is 11.5 Å². The first-order valence-corrected chi connectivity index (χ1v) is 15.2. The zero-order chi connectivity index (χ0) is 32.3. The summed E-state index contributed by atoms with van der Waals surface area (Å²) in [5.74, 6) is -4.28. The molecule has 12 heteroatoms. The summed E-state index contributed by atoms with van der Waals surface area (Å²) in [6.07, 6.45) is -5.36. The predicted octanol–water partition coefficient (Wildman–Crippen LogP) is 8.11. The van der Waals surface area contributed by atoms with Gasteiger partial charge in [0.25, 0.3) is 0 Å². The molecule has 3 unspecified atom stereocenters. The second kappa shape index (κ2) is 11.2. The molecule has 2 fully saturated rings. The lowest BCUT2D eigenvalue weighted by Crippen LogP contribution is -2.55. The first kappa shape index (κ1) is 33.5. The smallest absolute Gasteiger partial charge is 0.407 e. The van der Waals surface area contributed by atoms with Crippen LogP contribution >= 0.6 is 35.0 Å². The van der Waals surface area contributed by atoms with Gasteiger partial charge in [0.05, 0.1) is 0 Å². The lowest BCUT2D eigenvalue weighted by atomic mass is 9.75. The van der Waals surface area contributed by atoms with Crippen LogP contribution in [-0.2, 0) is 38.9 Å². The van der Waals surface area contributed by atoms with Crippen molar-refractivity contribution in [3.63, 3.8) is 0 Å². The number of thioether (sulfide) groups is 1. The van der Waals surface area contributed by atoms with E-state index in [2.05, 4.69) is 0 Å². The number of alkyl halides is 3. The Bertz CT molecular complexity index is 1380. The maximum absolute atomic E-state index is 14.8. The molecule has 4 atom stereocenters. The number of rotatable bonds is 6. The Morgan fingerprint density at radius 1 is 0.907 bits per heavy atom. The van der Waals surface area contributed by atoms with E-state index in [1.807, 2.05) is 0 Å². The molecule has 2 aromatic rings. The van der Waals surface area contributed by atoms with E-state index in [9.17, 15) is 27.6 Å². The van der Waals surface area contributed by atoms with E-state index in [0.29, 0.717) is 22.9 Å². The van der Waals surface area contributed by atoms with E-state index >= 15 is 0 Å². The SMILES string of the molecule is C[C@@H](c1ccc(C23CC(c4cc(Cl)cc(Cl)c4)(C(F)(F)F)SC2C(=O)O3)cc1)C(C(=O)OC(C)(C)C)C(=O)OC(C)(C)C. The Morgan fingerprint density at radius 3 is 1.81 bits per heavy atom. The van der Waals surface area contributed by atoms with Gasteiger partial charge in [0, 0.05) is 22.4 Å². The summed E-state index contributed by atoms with van der Waals surface area (Å²) in [6, 6.07) is 10.1. The summed E-state index contributed by atoms with van der Waals surface area (Å²) >= 11 is 12.6. The largest absolute Gasteiger partial charge is 0.459 e. The number of carbonyl (C=O) groups is 3. The summed E-state index contributed by atoms with van der Waals surface area (Å²) < 4.78 is 58.6. The third-order valence-corrected chi connectivity index (χ3v) is 9.54. The average molecular weight is 662 g/mol. The standard InChI is InChI=1S/C31H33Cl2F3O6S/c1-16(22(24(37)40-27(2,3)4)25(38)41-28(5,6)7)17-8-10-18(11-9-17)29-15-30(31(34,35)36,43-23(29)26(39)42-29)19-12-20(32)14-21(33)13-19/h8-14,16,22-23H,15H2,1-7H3/t16-,23?,29?,30?/m0/s1. The molecule has 0 aromatic heterocycles. The maximum atomic E-state index is 14.8. The van der Waals surface area contributed by atoms with Crippen LogP contribution in [0.3, 0.4) is 0 Å². The van der Waals surface area contributed by atoms with Crippen LogP contribution in [0.15, 0.2) is 42.5 Å². The van der Waals surface area contributed by atoms with Crippen molar-refractivity contribution >= 4 is 52.9 Å². The molecular formula is C31H33Cl2F3O6S. The molecule has 0 bridgehead atoms. The quantitative estimate of drug-likeness (QED) is 0.176. The summed E-state index contributed by atoms with van der Waals surface area (Å²) in [5, 5.41) is -1.06. The fraction of sp³-hybridized carbons (Fsp3) is 0.516. The van der Waals surface area contributed by atoms with Gasteiger partial charge in [-0.25, -0.2) is 0 Å². The predicted molar refractivity (Wildman–Crippen MR) is 158 cm³/mol. The molecule has 0 radical (unpaired) electrons. The molecule has 2 aliphatic rings. The van der Waals surface area contributed by atoms with Crippen LogP contribution in [0.25, 0.3) is 0 Å². The molecule has 0 spiro atoms. The Morgan fingerprint density at radius 2 is 1.40 bits per heavy atom. The summed E-state index contributed by atoms with van der Waals surface area (Å²) in [7, 11) is 0. The molecule has 2 heterocycles. The third-order valence-electron chi connectivity index (χ3n) is 7.28. The van der Waals surface area contributed by atoms with Crippen molar-refractivity contribution in [1.82, 2.24) is 0 Å². The van der Waals surface area contributed by atoms with Gasteiger partial charge in [-0.3, -0.25) is 14.4 Å². The molecule has 2 saturated heterocycles. The van der Waals surface area contributed by atoms with E-state index in [1.165, 1.54) is 18.2 Å². The van der Waals surface area contributed by atoms with E-state index in [-0.39, 0.29) is 15.6 Å². The molecule has 0 amide bonds. The monoisotopic (exact) mass is 660 g/mol. The molecule has 0 aliphatic carbocycles. The first-order valence-electron chi connectivity index (χ1n) is 13.6. The van der Waals surface area contributed by atoms with Gasteiger partial charge >= 0.3 is 24.1 Å². The first-order chi connectivity index (χ1) is 19.6. The zero-order valence-electron chi connectivity index (χ0n) is 24.7. The zero-order valence-corrected chi connectivity index (χ0v) is 27.1. The molecule has 2 aliphatic heterocycles. The highest BCUT2D eigenvalue weighted by Crippen LogP contribution is 2.69. The molecule has 43 heavy (non-hydrogen) atoms. The topological polar surface area (TPSA) is 78.9 Å². The fourth-order valence-electron chi connectivity index (χ4n) is 5.40. The van der Waals surface area contributed by atoms with E-state index in [0.717, 1.165) is 0 Å². The van der Waals surface area contributed by atoms with E-state index in [4.69, 9.17) is 37.4 Å². The van der Waals surface area contributed by atoms with Crippen LogP contribution in [-0.4, -0.2) is 40.5 Å². The average Bonchev–Trinajstić information content (AvgIpc) is 3.12. The van der Waals surface area contributed by atoms with Gasteiger partial charge in [0.1, 0.15) is 21.2 Å². The lowest BCUT2D eigenvalue weighted by Gasteiger charge is -2.42. The van der Waals surface area contributed by atoms with Crippen LogP contribution in [0.2, 0.25) is 10.0 Å². The van der Waals surface area contributed by atoms with Crippen LogP contribution < -0.4 is 0 Å². The minimum absolute atomic E-state index is 0.0372. The van der Waals surface area contributed by atoms with Crippen molar-refractivity contribution < 1.29 is 41.8 Å². The van der Waals surface area contributed by atoms with Gasteiger partial charge in [0.2, 0.25) is 0 Å². The molecule has 4 rings (SSSR count). The van der Waals surface area contributed by atoms with Gasteiger partial charge in [-0.1, -0.05) is 54.4 Å². The highest BCUT2D eigenvalue weighted by molar-refractivity contribution is 8.02. The van der Waals surface area contributed by atoms with Crippen LogP contribution in [0, 0.1) is 5.92 Å². The molecule has 0 N–H and O–H groups in total. The van der Waals surface area contributed by atoms with E-state index < -0.39 is 69.1 Å². The number of hydrogen-bond donors (Lipinski definition) is 0. The van der Waals surface area contributed by atoms with Crippen molar-refractivity contribution in [1.29, 1.82) is 0 Å². The van der Waals surface area contributed by atoms with Crippen molar-refractivity contribution in [2.45, 2.75) is 93.8 Å². The molecule has 0 saturated carbocycles. The number of ether oxygens (including phenoxy) is 3. The summed E-state index contributed by atoms with van der Waals surface area (Å²) in [4.78, 5) is 38.9. The molecule has 6 nitrogen and oxygen atoms in total. The number of benzene rings is 2. The van der Waals surface area contributed by atoms with Crippen molar-refractivity contribution in [3.05, 3.63) is 69.2 Å².